The number of nitrogens with one attached hydrogen (secondary N) is 1. The van der Waals surface area contributed by atoms with Crippen LogP contribution in [-0.4, -0.2) is 27.0 Å². The molecule has 0 saturated heterocycles. The third-order valence-electron chi connectivity index (χ3n) is 4.78. The van der Waals surface area contributed by atoms with Crippen molar-refractivity contribution in [2.75, 3.05) is 0 Å². The summed E-state index contributed by atoms with van der Waals surface area (Å²) in [6.07, 6.45) is -2.75. The van der Waals surface area contributed by atoms with E-state index in [0.717, 1.165) is 25.0 Å². The van der Waals surface area contributed by atoms with Gasteiger partial charge >= 0.3 is 6.18 Å². The standard InChI is InChI=1S/C20H16F3N3O2/c21-20(22,23)13-7-5-12(6-8-13)11-26(14-9-10-14)19(28)17-15-3-1-2-4-16(15)18(27)25-24-17/h1-8,14H,9-11H2,(H,25,27). The number of aromatic nitrogens is 2. The Balaban J connectivity index is 1.65. The highest BCUT2D eigenvalue weighted by Gasteiger charge is 2.35. The van der Waals surface area contributed by atoms with Crippen LogP contribution in [0.2, 0.25) is 0 Å². The van der Waals surface area contributed by atoms with Crippen molar-refractivity contribution in [3.63, 3.8) is 0 Å². The van der Waals surface area contributed by atoms with E-state index in [2.05, 4.69) is 10.2 Å². The van der Waals surface area contributed by atoms with Crippen molar-refractivity contribution in [1.82, 2.24) is 15.1 Å². The maximum Gasteiger partial charge on any atom is 0.416 e. The zero-order valence-corrected chi connectivity index (χ0v) is 14.7. The monoisotopic (exact) mass is 387 g/mol. The second-order valence-corrected chi connectivity index (χ2v) is 6.81. The third kappa shape index (κ3) is 3.49. The Hall–Kier alpha value is -3.16. The topological polar surface area (TPSA) is 66.1 Å². The summed E-state index contributed by atoms with van der Waals surface area (Å²) in [6.45, 7) is 0.177. The Morgan fingerprint density at radius 2 is 1.71 bits per heavy atom. The molecule has 1 saturated carbocycles. The molecule has 0 atom stereocenters. The molecule has 0 radical (unpaired) electrons. The Morgan fingerprint density at radius 1 is 1.07 bits per heavy atom. The van der Waals surface area contributed by atoms with Crippen LogP contribution in [-0.2, 0) is 12.7 Å². The second-order valence-electron chi connectivity index (χ2n) is 6.81. The number of carbonyl (C=O) groups is 1. The van der Waals surface area contributed by atoms with Crippen LogP contribution in [0.3, 0.4) is 0 Å². The van der Waals surface area contributed by atoms with Gasteiger partial charge in [-0.25, -0.2) is 5.10 Å². The maximum atomic E-state index is 13.1. The summed E-state index contributed by atoms with van der Waals surface area (Å²) in [4.78, 5) is 26.7. The Bertz CT molecular complexity index is 1090. The smallest absolute Gasteiger partial charge is 0.330 e. The lowest BCUT2D eigenvalue weighted by Gasteiger charge is -2.23. The molecule has 0 spiro atoms. The van der Waals surface area contributed by atoms with Crippen LogP contribution < -0.4 is 5.56 Å². The largest absolute Gasteiger partial charge is 0.416 e. The number of hydrogen-bond donors (Lipinski definition) is 1. The maximum absolute atomic E-state index is 13.1. The molecule has 28 heavy (non-hydrogen) atoms. The Morgan fingerprint density at radius 3 is 2.32 bits per heavy atom. The molecule has 144 valence electrons. The van der Waals surface area contributed by atoms with Gasteiger partial charge in [-0.2, -0.15) is 18.3 Å². The molecule has 3 aromatic rings. The lowest BCUT2D eigenvalue weighted by molar-refractivity contribution is -0.137. The van der Waals surface area contributed by atoms with E-state index in [-0.39, 0.29) is 29.7 Å². The fourth-order valence-corrected chi connectivity index (χ4v) is 3.16. The summed E-state index contributed by atoms with van der Waals surface area (Å²) in [5.74, 6) is -0.352. The number of aromatic amines is 1. The predicted octanol–water partition coefficient (Wildman–Crippen LogP) is 3.75. The highest BCUT2D eigenvalue weighted by atomic mass is 19.4. The molecular weight excluding hydrogens is 371 g/mol. The SMILES string of the molecule is O=C(c1n[nH]c(=O)c2ccccc12)N(Cc1ccc(C(F)(F)F)cc1)C1CC1. The number of nitrogens with zero attached hydrogens (tertiary/aromatic N) is 2. The molecule has 1 amide bonds. The summed E-state index contributed by atoms with van der Waals surface area (Å²) in [5, 5.41) is 7.12. The van der Waals surface area contributed by atoms with Gasteiger partial charge in [-0.1, -0.05) is 30.3 Å². The first kappa shape index (κ1) is 18.2. The van der Waals surface area contributed by atoms with E-state index in [1.807, 2.05) is 0 Å². The number of fused-ring (bicyclic) bond motifs is 1. The van der Waals surface area contributed by atoms with Crippen molar-refractivity contribution >= 4 is 16.7 Å². The average molecular weight is 387 g/mol. The quantitative estimate of drug-likeness (QED) is 0.742. The fraction of sp³-hybridized carbons (Fsp3) is 0.250. The van der Waals surface area contributed by atoms with Gasteiger partial charge in [0.25, 0.3) is 11.5 Å². The Labute approximate surface area is 157 Å². The summed E-state index contributed by atoms with van der Waals surface area (Å²) >= 11 is 0. The van der Waals surface area contributed by atoms with Crippen LogP contribution in [0.1, 0.15) is 34.5 Å². The molecule has 1 heterocycles. The van der Waals surface area contributed by atoms with Crippen LogP contribution in [0, 0.1) is 0 Å². The summed E-state index contributed by atoms with van der Waals surface area (Å²) in [7, 11) is 0. The van der Waals surface area contributed by atoms with E-state index in [0.29, 0.717) is 16.3 Å². The number of alkyl halides is 3. The highest BCUT2D eigenvalue weighted by molar-refractivity contribution is 6.04. The molecule has 5 nitrogen and oxygen atoms in total. The first-order valence-electron chi connectivity index (χ1n) is 8.79. The van der Waals surface area contributed by atoms with Crippen molar-refractivity contribution in [1.29, 1.82) is 0 Å². The molecule has 0 bridgehead atoms. The number of halogens is 3. The van der Waals surface area contributed by atoms with Crippen LogP contribution in [0.4, 0.5) is 13.2 Å². The highest BCUT2D eigenvalue weighted by Crippen LogP contribution is 2.32. The molecule has 1 aliphatic rings. The van der Waals surface area contributed by atoms with Gasteiger partial charge in [0, 0.05) is 18.0 Å². The minimum Gasteiger partial charge on any atom is -0.330 e. The van der Waals surface area contributed by atoms with Crippen LogP contribution in [0.5, 0.6) is 0 Å². The van der Waals surface area contributed by atoms with Gasteiger partial charge in [0.05, 0.1) is 10.9 Å². The van der Waals surface area contributed by atoms with E-state index in [4.69, 9.17) is 0 Å². The van der Waals surface area contributed by atoms with E-state index in [9.17, 15) is 22.8 Å². The molecule has 1 N–H and O–H groups in total. The Kier molecular flexibility index (Phi) is 4.41. The van der Waals surface area contributed by atoms with Gasteiger partial charge in [-0.05, 0) is 36.6 Å². The van der Waals surface area contributed by atoms with E-state index in [1.54, 1.807) is 29.2 Å². The normalized spacial score (nSPS) is 14.2. The van der Waals surface area contributed by atoms with Crippen molar-refractivity contribution in [3.8, 4) is 0 Å². The molecular formula is C20H16F3N3O2. The van der Waals surface area contributed by atoms with Crippen molar-refractivity contribution < 1.29 is 18.0 Å². The number of benzene rings is 2. The molecule has 1 aliphatic carbocycles. The van der Waals surface area contributed by atoms with Gasteiger partial charge in [0.15, 0.2) is 5.69 Å². The number of carbonyl (C=O) groups excluding carboxylic acids is 1. The average Bonchev–Trinajstić information content (AvgIpc) is 3.51. The van der Waals surface area contributed by atoms with E-state index in [1.165, 1.54) is 12.1 Å². The molecule has 1 aromatic heterocycles. The molecule has 0 aliphatic heterocycles. The summed E-state index contributed by atoms with van der Waals surface area (Å²) < 4.78 is 38.2. The molecule has 1 fully saturated rings. The van der Waals surface area contributed by atoms with Crippen molar-refractivity contribution in [3.05, 3.63) is 75.7 Å². The van der Waals surface area contributed by atoms with Crippen molar-refractivity contribution in [2.45, 2.75) is 31.6 Å². The van der Waals surface area contributed by atoms with Crippen LogP contribution >= 0.6 is 0 Å². The fourth-order valence-electron chi connectivity index (χ4n) is 3.16. The third-order valence-corrected chi connectivity index (χ3v) is 4.78. The number of hydrogen-bond acceptors (Lipinski definition) is 3. The van der Waals surface area contributed by atoms with Gasteiger partial charge in [0.2, 0.25) is 0 Å². The van der Waals surface area contributed by atoms with E-state index >= 15 is 0 Å². The lowest BCUT2D eigenvalue weighted by Crippen LogP contribution is -2.34. The zero-order chi connectivity index (χ0) is 19.9. The van der Waals surface area contributed by atoms with Gasteiger partial charge in [-0.15, -0.1) is 0 Å². The molecule has 2 aromatic carbocycles. The summed E-state index contributed by atoms with van der Waals surface area (Å²) in [5.41, 5.74) is -0.377. The van der Waals surface area contributed by atoms with Gasteiger partial charge in [0.1, 0.15) is 0 Å². The summed E-state index contributed by atoms with van der Waals surface area (Å²) in [6, 6.07) is 11.5. The predicted molar refractivity (Wildman–Crippen MR) is 96.7 cm³/mol. The molecule has 4 rings (SSSR count). The van der Waals surface area contributed by atoms with Crippen LogP contribution in [0.25, 0.3) is 10.8 Å². The number of amides is 1. The first-order chi connectivity index (χ1) is 13.3. The second kappa shape index (κ2) is 6.78. The molecule has 0 unspecified atom stereocenters. The minimum absolute atomic E-state index is 0.0160. The van der Waals surface area contributed by atoms with Gasteiger partial charge < -0.3 is 4.90 Å². The lowest BCUT2D eigenvalue weighted by atomic mass is 10.1. The first-order valence-corrected chi connectivity index (χ1v) is 8.79. The number of H-pyrrole nitrogens is 1. The van der Waals surface area contributed by atoms with Crippen molar-refractivity contribution in [2.24, 2.45) is 0 Å². The minimum atomic E-state index is -4.40. The zero-order valence-electron chi connectivity index (χ0n) is 14.7. The van der Waals surface area contributed by atoms with Gasteiger partial charge in [-0.3, -0.25) is 9.59 Å². The van der Waals surface area contributed by atoms with Crippen LogP contribution in [0.15, 0.2) is 53.3 Å². The molecule has 8 heteroatoms. The number of rotatable bonds is 4. The van der Waals surface area contributed by atoms with E-state index < -0.39 is 11.7 Å².